The summed E-state index contributed by atoms with van der Waals surface area (Å²) in [7, 11) is 1.63. The van der Waals surface area contributed by atoms with E-state index in [2.05, 4.69) is 0 Å². The van der Waals surface area contributed by atoms with Crippen LogP contribution in [0.25, 0.3) is 0 Å². The van der Waals surface area contributed by atoms with Crippen molar-refractivity contribution in [3.05, 3.63) is 23.8 Å². The van der Waals surface area contributed by atoms with Crippen LogP contribution in [0.5, 0.6) is 11.5 Å². The zero-order valence-corrected chi connectivity index (χ0v) is 10.9. The van der Waals surface area contributed by atoms with Gasteiger partial charge in [-0.05, 0) is 25.5 Å². The lowest BCUT2D eigenvalue weighted by atomic mass is 10.1. The molecule has 1 rings (SSSR count). The van der Waals surface area contributed by atoms with Crippen molar-refractivity contribution >= 4 is 5.91 Å². The van der Waals surface area contributed by atoms with Gasteiger partial charge in [-0.2, -0.15) is 0 Å². The molecule has 0 spiro atoms. The van der Waals surface area contributed by atoms with E-state index in [0.29, 0.717) is 12.4 Å². The lowest BCUT2D eigenvalue weighted by Crippen LogP contribution is -2.33. The largest absolute Gasteiger partial charge is 0.507 e. The van der Waals surface area contributed by atoms with Crippen LogP contribution in [0, 0.1) is 0 Å². The van der Waals surface area contributed by atoms with E-state index in [-0.39, 0.29) is 16.9 Å². The summed E-state index contributed by atoms with van der Waals surface area (Å²) < 4.78 is 10.9. The number of aromatic hydroxyl groups is 1. The van der Waals surface area contributed by atoms with Crippen LogP contribution in [0.2, 0.25) is 0 Å². The van der Waals surface area contributed by atoms with E-state index >= 15 is 0 Å². The fourth-order valence-electron chi connectivity index (χ4n) is 1.35. The zero-order valence-electron chi connectivity index (χ0n) is 10.9. The molecule has 5 heteroatoms. The third kappa shape index (κ3) is 3.37. The number of hydrogen-bond acceptors (Lipinski definition) is 4. The number of amides is 1. The van der Waals surface area contributed by atoms with Gasteiger partial charge in [0.25, 0.3) is 5.91 Å². The SMILES string of the molecule is CCC(C)(COc1ccc(C(N)=O)c(O)c1)OC. The Morgan fingerprint density at radius 1 is 1.50 bits per heavy atom. The number of ether oxygens (including phenoxy) is 2. The van der Waals surface area contributed by atoms with Crippen LogP contribution in [0.1, 0.15) is 30.6 Å². The molecule has 0 aromatic heterocycles. The average Bonchev–Trinajstić information content (AvgIpc) is 2.35. The minimum Gasteiger partial charge on any atom is -0.507 e. The highest BCUT2D eigenvalue weighted by molar-refractivity contribution is 5.95. The van der Waals surface area contributed by atoms with E-state index in [9.17, 15) is 9.90 Å². The number of hydrogen-bond donors (Lipinski definition) is 2. The number of primary amides is 1. The third-order valence-corrected chi connectivity index (χ3v) is 3.02. The highest BCUT2D eigenvalue weighted by Crippen LogP contribution is 2.24. The van der Waals surface area contributed by atoms with Crippen LogP contribution in [0.15, 0.2) is 18.2 Å². The number of methoxy groups -OCH3 is 1. The number of nitrogens with two attached hydrogens (primary N) is 1. The number of carbonyl (C=O) groups is 1. The van der Waals surface area contributed by atoms with Crippen molar-refractivity contribution in [2.24, 2.45) is 5.73 Å². The van der Waals surface area contributed by atoms with E-state index in [1.165, 1.54) is 12.1 Å². The Balaban J connectivity index is 2.75. The molecule has 1 unspecified atom stereocenters. The van der Waals surface area contributed by atoms with Crippen molar-refractivity contribution in [2.75, 3.05) is 13.7 Å². The van der Waals surface area contributed by atoms with Gasteiger partial charge >= 0.3 is 0 Å². The zero-order chi connectivity index (χ0) is 13.8. The van der Waals surface area contributed by atoms with E-state index < -0.39 is 5.91 Å². The monoisotopic (exact) mass is 253 g/mol. The molecular weight excluding hydrogens is 234 g/mol. The van der Waals surface area contributed by atoms with E-state index in [1.807, 2.05) is 13.8 Å². The Kier molecular flexibility index (Phi) is 4.55. The summed E-state index contributed by atoms with van der Waals surface area (Å²) in [5.41, 5.74) is 4.79. The fraction of sp³-hybridized carbons (Fsp3) is 0.462. The Bertz CT molecular complexity index is 427. The maximum Gasteiger partial charge on any atom is 0.252 e. The highest BCUT2D eigenvalue weighted by atomic mass is 16.5. The topological polar surface area (TPSA) is 81.8 Å². The van der Waals surface area contributed by atoms with Gasteiger partial charge < -0.3 is 20.3 Å². The van der Waals surface area contributed by atoms with Gasteiger partial charge in [-0.25, -0.2) is 0 Å². The maximum atomic E-state index is 10.9. The molecule has 18 heavy (non-hydrogen) atoms. The van der Waals surface area contributed by atoms with Crippen molar-refractivity contribution in [1.29, 1.82) is 0 Å². The lowest BCUT2D eigenvalue weighted by Gasteiger charge is -2.26. The second-order valence-electron chi connectivity index (χ2n) is 4.34. The molecule has 0 fully saturated rings. The summed E-state index contributed by atoms with van der Waals surface area (Å²) in [6.07, 6.45) is 0.800. The average molecular weight is 253 g/mol. The first kappa shape index (κ1) is 14.3. The quantitative estimate of drug-likeness (QED) is 0.808. The summed E-state index contributed by atoms with van der Waals surface area (Å²) in [5.74, 6) is -0.390. The molecule has 100 valence electrons. The molecular formula is C13H19NO4. The summed E-state index contributed by atoms with van der Waals surface area (Å²) >= 11 is 0. The molecule has 1 aromatic carbocycles. The Morgan fingerprint density at radius 3 is 2.61 bits per heavy atom. The van der Waals surface area contributed by atoms with Gasteiger partial charge in [-0.15, -0.1) is 0 Å². The molecule has 0 aliphatic carbocycles. The van der Waals surface area contributed by atoms with Crippen LogP contribution in [-0.4, -0.2) is 30.3 Å². The minimum absolute atomic E-state index is 0.0762. The molecule has 0 saturated heterocycles. The molecule has 0 heterocycles. The molecule has 0 saturated carbocycles. The first-order chi connectivity index (χ1) is 8.41. The van der Waals surface area contributed by atoms with Crippen molar-refractivity contribution in [3.8, 4) is 11.5 Å². The molecule has 1 aromatic rings. The molecule has 0 aliphatic rings. The van der Waals surface area contributed by atoms with Crippen molar-refractivity contribution in [1.82, 2.24) is 0 Å². The van der Waals surface area contributed by atoms with Gasteiger partial charge in [0.2, 0.25) is 0 Å². The highest BCUT2D eigenvalue weighted by Gasteiger charge is 2.22. The third-order valence-electron chi connectivity index (χ3n) is 3.02. The molecule has 0 radical (unpaired) electrons. The lowest BCUT2D eigenvalue weighted by molar-refractivity contribution is -0.0322. The Labute approximate surface area is 107 Å². The van der Waals surface area contributed by atoms with Crippen LogP contribution in [0.4, 0.5) is 0 Å². The number of benzene rings is 1. The molecule has 0 aliphatic heterocycles. The van der Waals surface area contributed by atoms with Gasteiger partial charge in [0, 0.05) is 13.2 Å². The molecule has 3 N–H and O–H groups in total. The fourth-order valence-corrected chi connectivity index (χ4v) is 1.35. The van der Waals surface area contributed by atoms with Crippen LogP contribution in [0.3, 0.4) is 0 Å². The Morgan fingerprint density at radius 2 is 2.17 bits per heavy atom. The first-order valence-corrected chi connectivity index (χ1v) is 5.72. The maximum absolute atomic E-state index is 10.9. The smallest absolute Gasteiger partial charge is 0.252 e. The van der Waals surface area contributed by atoms with E-state index in [0.717, 1.165) is 6.42 Å². The molecule has 0 bridgehead atoms. The normalized spacial score (nSPS) is 13.9. The van der Waals surface area contributed by atoms with Gasteiger partial charge in [0.15, 0.2) is 0 Å². The van der Waals surface area contributed by atoms with E-state index in [1.54, 1.807) is 13.2 Å². The van der Waals surface area contributed by atoms with Crippen molar-refractivity contribution in [3.63, 3.8) is 0 Å². The predicted octanol–water partition coefficient (Wildman–Crippen LogP) is 1.69. The van der Waals surface area contributed by atoms with Crippen LogP contribution >= 0.6 is 0 Å². The summed E-state index contributed by atoms with van der Waals surface area (Å²) in [4.78, 5) is 10.9. The summed E-state index contributed by atoms with van der Waals surface area (Å²) in [6, 6.07) is 4.39. The Hall–Kier alpha value is -1.75. The first-order valence-electron chi connectivity index (χ1n) is 5.72. The van der Waals surface area contributed by atoms with Gasteiger partial charge in [0.05, 0.1) is 11.2 Å². The summed E-state index contributed by atoms with van der Waals surface area (Å²) in [5, 5.41) is 9.59. The van der Waals surface area contributed by atoms with E-state index in [4.69, 9.17) is 15.2 Å². The second-order valence-corrected chi connectivity index (χ2v) is 4.34. The molecule has 1 atom stereocenters. The van der Waals surface area contributed by atoms with Gasteiger partial charge in [0.1, 0.15) is 18.1 Å². The minimum atomic E-state index is -0.672. The predicted molar refractivity (Wildman–Crippen MR) is 67.8 cm³/mol. The molecule has 1 amide bonds. The number of phenols is 1. The van der Waals surface area contributed by atoms with Gasteiger partial charge in [-0.1, -0.05) is 6.92 Å². The standard InChI is InChI=1S/C13H19NO4/c1-4-13(2,17-3)8-18-9-5-6-10(12(14)16)11(15)7-9/h5-7,15H,4,8H2,1-3H3,(H2,14,16). The van der Waals surface area contributed by atoms with Crippen molar-refractivity contribution in [2.45, 2.75) is 25.9 Å². The van der Waals surface area contributed by atoms with Crippen LogP contribution in [-0.2, 0) is 4.74 Å². The number of carbonyl (C=O) groups excluding carboxylic acids is 1. The summed E-state index contributed by atoms with van der Waals surface area (Å²) in [6.45, 7) is 4.29. The second kappa shape index (κ2) is 5.73. The number of rotatable bonds is 6. The van der Waals surface area contributed by atoms with Crippen molar-refractivity contribution < 1.29 is 19.4 Å². The van der Waals surface area contributed by atoms with Gasteiger partial charge in [-0.3, -0.25) is 4.79 Å². The van der Waals surface area contributed by atoms with Crippen LogP contribution < -0.4 is 10.5 Å². The molecule has 5 nitrogen and oxygen atoms in total.